The van der Waals surface area contributed by atoms with Crippen LogP contribution < -0.4 is 4.74 Å². The lowest BCUT2D eigenvalue weighted by Crippen LogP contribution is -2.13. The Morgan fingerprint density at radius 1 is 1.30 bits per heavy atom. The zero-order chi connectivity index (χ0) is 16.2. The van der Waals surface area contributed by atoms with Gasteiger partial charge in [0.1, 0.15) is 5.75 Å². The third kappa shape index (κ3) is 3.62. The molecule has 2 aromatic heterocycles. The fourth-order valence-corrected chi connectivity index (χ4v) is 3.49. The van der Waals surface area contributed by atoms with E-state index >= 15 is 0 Å². The van der Waals surface area contributed by atoms with E-state index in [0.29, 0.717) is 10.7 Å². The number of ether oxygens (including phenoxy) is 1. The lowest BCUT2D eigenvalue weighted by atomic mass is 10.1. The topological polar surface area (TPSA) is 67.9 Å². The lowest BCUT2D eigenvalue weighted by Gasteiger charge is -2.08. The Morgan fingerprint density at radius 2 is 2.09 bits per heavy atom. The molecular formula is C16H15N3O2S2. The van der Waals surface area contributed by atoms with E-state index in [2.05, 4.69) is 15.2 Å². The number of H-pyrrole nitrogens is 1. The number of methoxy groups -OCH3 is 1. The number of hydrogen-bond acceptors (Lipinski definition) is 6. The summed E-state index contributed by atoms with van der Waals surface area (Å²) in [6.07, 6.45) is 0. The van der Waals surface area contributed by atoms with Crippen molar-refractivity contribution in [3.05, 3.63) is 47.3 Å². The van der Waals surface area contributed by atoms with Crippen molar-refractivity contribution in [3.8, 4) is 16.5 Å². The molecule has 0 fully saturated rings. The Morgan fingerprint density at radius 3 is 2.74 bits per heavy atom. The summed E-state index contributed by atoms with van der Waals surface area (Å²) < 4.78 is 5.10. The average molecular weight is 345 g/mol. The van der Waals surface area contributed by atoms with Gasteiger partial charge in [0.15, 0.2) is 11.6 Å². The van der Waals surface area contributed by atoms with Crippen LogP contribution >= 0.6 is 23.1 Å². The van der Waals surface area contributed by atoms with Gasteiger partial charge in [-0.1, -0.05) is 17.8 Å². The predicted octanol–water partition coefficient (Wildman–Crippen LogP) is 3.91. The average Bonchev–Trinajstić information content (AvgIpc) is 3.25. The highest BCUT2D eigenvalue weighted by Gasteiger charge is 2.19. The molecule has 0 aliphatic carbocycles. The third-order valence-electron chi connectivity index (χ3n) is 3.25. The molecule has 1 atom stereocenters. The number of nitrogens with zero attached hydrogens (tertiary/aromatic N) is 2. The van der Waals surface area contributed by atoms with Crippen LogP contribution in [0.15, 0.2) is 46.9 Å². The van der Waals surface area contributed by atoms with Crippen LogP contribution in [0, 0.1) is 0 Å². The van der Waals surface area contributed by atoms with Gasteiger partial charge < -0.3 is 4.74 Å². The molecule has 0 bridgehead atoms. The van der Waals surface area contributed by atoms with Gasteiger partial charge in [0, 0.05) is 5.56 Å². The minimum Gasteiger partial charge on any atom is -0.497 e. The van der Waals surface area contributed by atoms with E-state index in [1.165, 1.54) is 11.8 Å². The molecule has 0 saturated heterocycles. The van der Waals surface area contributed by atoms with Crippen LogP contribution in [0.4, 0.5) is 0 Å². The molecule has 1 aromatic carbocycles. The van der Waals surface area contributed by atoms with E-state index < -0.39 is 0 Å². The first-order valence-electron chi connectivity index (χ1n) is 6.98. The van der Waals surface area contributed by atoms with Crippen molar-refractivity contribution in [1.29, 1.82) is 0 Å². The van der Waals surface area contributed by atoms with E-state index in [-0.39, 0.29) is 11.0 Å². The molecule has 2 heterocycles. The normalized spacial score (nSPS) is 12.1. The molecule has 118 valence electrons. The highest BCUT2D eigenvalue weighted by molar-refractivity contribution is 8.00. The minimum absolute atomic E-state index is 0.0418. The molecule has 0 aliphatic heterocycles. The van der Waals surface area contributed by atoms with Crippen molar-refractivity contribution in [3.63, 3.8) is 0 Å². The first kappa shape index (κ1) is 15.8. The molecule has 7 heteroatoms. The number of aromatic nitrogens is 3. The molecule has 5 nitrogen and oxygen atoms in total. The molecule has 0 aliphatic rings. The number of carbonyl (C=O) groups excluding carboxylic acids is 1. The predicted molar refractivity (Wildman–Crippen MR) is 92.3 cm³/mol. The van der Waals surface area contributed by atoms with Gasteiger partial charge in [-0.2, -0.15) is 0 Å². The van der Waals surface area contributed by atoms with Gasteiger partial charge in [0.25, 0.3) is 0 Å². The molecular weight excluding hydrogens is 330 g/mol. The van der Waals surface area contributed by atoms with Crippen LogP contribution in [0.1, 0.15) is 17.3 Å². The molecule has 0 amide bonds. The number of benzene rings is 1. The van der Waals surface area contributed by atoms with Crippen molar-refractivity contribution in [2.24, 2.45) is 0 Å². The number of nitrogens with one attached hydrogen (secondary N) is 1. The van der Waals surface area contributed by atoms with Gasteiger partial charge in [-0.15, -0.1) is 16.4 Å². The quantitative estimate of drug-likeness (QED) is 0.542. The lowest BCUT2D eigenvalue weighted by molar-refractivity contribution is 0.0994. The molecule has 3 aromatic rings. The Bertz CT molecular complexity index is 782. The highest BCUT2D eigenvalue weighted by Crippen LogP contribution is 2.27. The number of thiophene rings is 1. The van der Waals surface area contributed by atoms with E-state index in [9.17, 15) is 4.79 Å². The Labute approximate surface area is 142 Å². The fourth-order valence-electron chi connectivity index (χ4n) is 2.02. The molecule has 3 rings (SSSR count). The number of ketones is 1. The smallest absolute Gasteiger partial charge is 0.209 e. The highest BCUT2D eigenvalue weighted by atomic mass is 32.2. The SMILES string of the molecule is COc1ccc(C(=O)[C@H](C)Sc2n[nH]c(-c3cccs3)n2)cc1. The summed E-state index contributed by atoms with van der Waals surface area (Å²) in [6, 6.07) is 11.1. The van der Waals surface area contributed by atoms with Gasteiger partial charge in [0.2, 0.25) is 5.16 Å². The van der Waals surface area contributed by atoms with Crippen molar-refractivity contribution in [2.75, 3.05) is 7.11 Å². The fraction of sp³-hybridized carbons (Fsp3) is 0.188. The largest absolute Gasteiger partial charge is 0.497 e. The van der Waals surface area contributed by atoms with Crippen LogP contribution in [0.2, 0.25) is 0 Å². The standard InChI is InChI=1S/C16H15N3O2S2/c1-10(14(20)11-5-7-12(21-2)8-6-11)23-16-17-15(18-19-16)13-4-3-9-22-13/h3-10H,1-2H3,(H,17,18,19)/t10-/m0/s1. The molecule has 0 spiro atoms. The Hall–Kier alpha value is -2.12. The van der Waals surface area contributed by atoms with Crippen LogP contribution in [0.5, 0.6) is 5.75 Å². The maximum atomic E-state index is 12.5. The van der Waals surface area contributed by atoms with Crippen LogP contribution in [-0.2, 0) is 0 Å². The second-order valence-electron chi connectivity index (χ2n) is 4.80. The first-order valence-corrected chi connectivity index (χ1v) is 8.74. The second-order valence-corrected chi connectivity index (χ2v) is 7.05. The van der Waals surface area contributed by atoms with E-state index in [1.54, 1.807) is 42.7 Å². The maximum Gasteiger partial charge on any atom is 0.209 e. The van der Waals surface area contributed by atoms with Crippen molar-refractivity contribution in [2.45, 2.75) is 17.3 Å². The van der Waals surface area contributed by atoms with Crippen LogP contribution in [0.3, 0.4) is 0 Å². The third-order valence-corrected chi connectivity index (χ3v) is 5.08. The van der Waals surface area contributed by atoms with Gasteiger partial charge in [-0.3, -0.25) is 9.89 Å². The van der Waals surface area contributed by atoms with E-state index in [0.717, 1.165) is 16.5 Å². The van der Waals surface area contributed by atoms with Gasteiger partial charge in [0.05, 0.1) is 17.2 Å². The van der Waals surface area contributed by atoms with Gasteiger partial charge >= 0.3 is 0 Å². The Kier molecular flexibility index (Phi) is 4.78. The number of rotatable bonds is 6. The van der Waals surface area contributed by atoms with Crippen LogP contribution in [0.25, 0.3) is 10.7 Å². The zero-order valence-electron chi connectivity index (χ0n) is 12.6. The summed E-state index contributed by atoms with van der Waals surface area (Å²) in [7, 11) is 1.60. The summed E-state index contributed by atoms with van der Waals surface area (Å²) in [4.78, 5) is 17.9. The number of Topliss-reactive ketones (excluding diaryl/α,β-unsaturated/α-hetero) is 1. The molecule has 0 radical (unpaired) electrons. The zero-order valence-corrected chi connectivity index (χ0v) is 14.3. The number of aromatic amines is 1. The summed E-state index contributed by atoms with van der Waals surface area (Å²) in [5.41, 5.74) is 0.653. The summed E-state index contributed by atoms with van der Waals surface area (Å²) in [6.45, 7) is 1.86. The summed E-state index contributed by atoms with van der Waals surface area (Å²) >= 11 is 2.94. The summed E-state index contributed by atoms with van der Waals surface area (Å²) in [5.74, 6) is 1.50. The number of carbonyl (C=O) groups is 1. The minimum atomic E-state index is -0.268. The first-order chi connectivity index (χ1) is 11.2. The Balaban J connectivity index is 1.68. The maximum absolute atomic E-state index is 12.5. The van der Waals surface area contributed by atoms with Crippen molar-refractivity contribution in [1.82, 2.24) is 15.2 Å². The summed E-state index contributed by atoms with van der Waals surface area (Å²) in [5, 5.41) is 9.38. The van der Waals surface area contributed by atoms with Gasteiger partial charge in [-0.25, -0.2) is 4.98 Å². The second kappa shape index (κ2) is 6.97. The van der Waals surface area contributed by atoms with Gasteiger partial charge in [-0.05, 0) is 42.6 Å². The molecule has 23 heavy (non-hydrogen) atoms. The monoisotopic (exact) mass is 345 g/mol. The molecule has 0 unspecified atom stereocenters. The molecule has 1 N–H and O–H groups in total. The van der Waals surface area contributed by atoms with E-state index in [1.807, 2.05) is 24.4 Å². The van der Waals surface area contributed by atoms with Crippen molar-refractivity contribution < 1.29 is 9.53 Å². The van der Waals surface area contributed by atoms with E-state index in [4.69, 9.17) is 4.74 Å². The number of thioether (sulfide) groups is 1. The van der Waals surface area contributed by atoms with Crippen molar-refractivity contribution >= 4 is 28.9 Å². The molecule has 0 saturated carbocycles. The number of hydrogen-bond donors (Lipinski definition) is 1. The van der Waals surface area contributed by atoms with Crippen LogP contribution in [-0.4, -0.2) is 33.3 Å².